The number of para-hydroxylation sites is 1. The third-order valence-electron chi connectivity index (χ3n) is 5.65. The molecule has 0 unspecified atom stereocenters. The first-order valence-electron chi connectivity index (χ1n) is 11.5. The van der Waals surface area contributed by atoms with Gasteiger partial charge in [0.05, 0.1) is 12.1 Å². The molecule has 9 heteroatoms. The Morgan fingerprint density at radius 2 is 1.53 bits per heavy atom. The molecule has 2 amide bonds. The number of hydrogen-bond donors (Lipinski definition) is 2. The Bertz CT molecular complexity index is 1560. The zero-order valence-corrected chi connectivity index (χ0v) is 20.1. The highest BCUT2D eigenvalue weighted by atomic mass is 19.4. The van der Waals surface area contributed by atoms with Crippen molar-refractivity contribution in [3.8, 4) is 11.1 Å². The van der Waals surface area contributed by atoms with Crippen LogP contribution in [0.15, 0.2) is 84.9 Å². The molecular weight excluding hydrogens is 493 g/mol. The number of rotatable bonds is 6. The summed E-state index contributed by atoms with van der Waals surface area (Å²) in [6.45, 7) is 9.06. The molecule has 0 aliphatic heterocycles. The predicted molar refractivity (Wildman–Crippen MR) is 138 cm³/mol. The number of carbonyl (C=O) groups is 2. The number of nitrogens with zero attached hydrogens (tertiary/aromatic N) is 2. The number of hydrogen-bond acceptors (Lipinski definition) is 3. The number of alkyl halides is 3. The molecule has 190 valence electrons. The van der Waals surface area contributed by atoms with E-state index in [0.29, 0.717) is 11.3 Å². The van der Waals surface area contributed by atoms with E-state index < -0.39 is 23.6 Å². The second-order valence-electron chi connectivity index (χ2n) is 8.42. The van der Waals surface area contributed by atoms with Gasteiger partial charge in [0, 0.05) is 12.2 Å². The maximum Gasteiger partial charge on any atom is 0.416 e. The minimum absolute atomic E-state index is 0.0306. The van der Waals surface area contributed by atoms with Crippen LogP contribution in [0.4, 0.5) is 24.5 Å². The monoisotopic (exact) mass is 514 g/mol. The lowest BCUT2D eigenvalue weighted by atomic mass is 9.98. The van der Waals surface area contributed by atoms with Crippen molar-refractivity contribution in [1.29, 1.82) is 0 Å². The fraction of sp³-hybridized carbons (Fsp3) is 0.103. The van der Waals surface area contributed by atoms with Crippen molar-refractivity contribution >= 4 is 23.2 Å². The maximum atomic E-state index is 13.1. The summed E-state index contributed by atoms with van der Waals surface area (Å²) in [6.07, 6.45) is -4.56. The van der Waals surface area contributed by atoms with Crippen molar-refractivity contribution < 1.29 is 22.8 Å². The van der Waals surface area contributed by atoms with Crippen LogP contribution in [-0.2, 0) is 12.7 Å². The smallest absolute Gasteiger partial charge is 0.347 e. The highest BCUT2D eigenvalue weighted by molar-refractivity contribution is 6.04. The predicted octanol–water partition coefficient (Wildman–Crippen LogP) is 6.81. The number of anilines is 1. The maximum absolute atomic E-state index is 13.1. The third-order valence-corrected chi connectivity index (χ3v) is 5.65. The zero-order valence-electron chi connectivity index (χ0n) is 20.1. The van der Waals surface area contributed by atoms with Gasteiger partial charge < -0.3 is 10.6 Å². The Morgan fingerprint density at radius 1 is 0.868 bits per heavy atom. The molecule has 0 bridgehead atoms. The highest BCUT2D eigenvalue weighted by Crippen LogP contribution is 2.33. The van der Waals surface area contributed by atoms with E-state index in [-0.39, 0.29) is 23.6 Å². The fourth-order valence-electron chi connectivity index (χ4n) is 3.90. The number of aryl methyl sites for hydroxylation is 1. The quantitative estimate of drug-likeness (QED) is 0.278. The van der Waals surface area contributed by atoms with Crippen LogP contribution in [0.3, 0.4) is 0 Å². The summed E-state index contributed by atoms with van der Waals surface area (Å²) in [5.41, 5.74) is 2.08. The van der Waals surface area contributed by atoms with E-state index >= 15 is 0 Å². The molecule has 0 aliphatic carbocycles. The number of amides is 2. The molecule has 2 N–H and O–H groups in total. The minimum atomic E-state index is -4.56. The summed E-state index contributed by atoms with van der Waals surface area (Å²) < 4.78 is 39.4. The second-order valence-corrected chi connectivity index (χ2v) is 8.42. The molecule has 0 saturated heterocycles. The normalized spacial score (nSPS) is 10.9. The summed E-state index contributed by atoms with van der Waals surface area (Å²) in [6, 6.07) is 22.0. The number of aromatic nitrogens is 1. The van der Waals surface area contributed by atoms with E-state index in [1.165, 1.54) is 31.2 Å². The van der Waals surface area contributed by atoms with Crippen LogP contribution in [0.25, 0.3) is 16.0 Å². The molecule has 0 atom stereocenters. The van der Waals surface area contributed by atoms with Crippen molar-refractivity contribution in [1.82, 2.24) is 10.3 Å². The Hall–Kier alpha value is -4.97. The molecule has 1 heterocycles. The van der Waals surface area contributed by atoms with Gasteiger partial charge in [0.2, 0.25) is 0 Å². The molecule has 0 fully saturated rings. The fourth-order valence-corrected chi connectivity index (χ4v) is 3.90. The first-order chi connectivity index (χ1) is 18.2. The van der Waals surface area contributed by atoms with Crippen molar-refractivity contribution in [3.05, 3.63) is 124 Å². The number of nitrogens with one attached hydrogen (secondary N) is 2. The van der Waals surface area contributed by atoms with Crippen LogP contribution in [0.5, 0.6) is 0 Å². The number of carbonyl (C=O) groups excluding carboxylic acids is 2. The first-order valence-corrected chi connectivity index (χ1v) is 11.5. The van der Waals surface area contributed by atoms with Gasteiger partial charge in [0.25, 0.3) is 11.8 Å². The highest BCUT2D eigenvalue weighted by Gasteiger charge is 2.31. The van der Waals surface area contributed by atoms with Crippen LogP contribution in [0, 0.1) is 13.5 Å². The lowest BCUT2D eigenvalue weighted by Crippen LogP contribution is -2.25. The average Bonchev–Trinajstić information content (AvgIpc) is 2.91. The van der Waals surface area contributed by atoms with Gasteiger partial charge in [-0.05, 0) is 59.5 Å². The van der Waals surface area contributed by atoms with Gasteiger partial charge in [-0.15, -0.1) is 0 Å². The van der Waals surface area contributed by atoms with Gasteiger partial charge in [-0.3, -0.25) is 9.59 Å². The zero-order chi connectivity index (χ0) is 27.3. The van der Waals surface area contributed by atoms with Gasteiger partial charge in [0.1, 0.15) is 11.4 Å². The van der Waals surface area contributed by atoms with E-state index in [1.807, 2.05) is 36.4 Å². The first kappa shape index (κ1) is 26.1. The molecule has 0 spiro atoms. The van der Waals surface area contributed by atoms with Crippen LogP contribution in [0.2, 0.25) is 0 Å². The van der Waals surface area contributed by atoms with Crippen molar-refractivity contribution in [2.24, 2.45) is 0 Å². The molecule has 1 aromatic heterocycles. The van der Waals surface area contributed by atoms with E-state index in [0.717, 1.165) is 28.8 Å². The topological polar surface area (TPSA) is 75.5 Å². The summed E-state index contributed by atoms with van der Waals surface area (Å²) in [7, 11) is 0. The van der Waals surface area contributed by atoms with Crippen LogP contribution < -0.4 is 10.6 Å². The molecule has 4 aromatic rings. The summed E-state index contributed by atoms with van der Waals surface area (Å²) in [5, 5.41) is 5.19. The molecule has 6 nitrogen and oxygen atoms in total. The third kappa shape index (κ3) is 6.05. The molecule has 4 rings (SSSR count). The van der Waals surface area contributed by atoms with Gasteiger partial charge in [0.15, 0.2) is 5.69 Å². The Kier molecular flexibility index (Phi) is 7.53. The van der Waals surface area contributed by atoms with Crippen LogP contribution >= 0.6 is 0 Å². The standard InChI is InChI=1S/C29H21F3N4O2/c1-18-14-20(29(30,31)32)16-21(15-18)35-28(38)26-13-7-12-25(36-26)27(37)34-17-19-8-3-4-9-22(19)23-10-5-6-11-24(23)33-2/h3-16H,17H2,1H3,(H,34,37)(H,35,38). The molecule has 0 radical (unpaired) electrons. The van der Waals surface area contributed by atoms with Gasteiger partial charge >= 0.3 is 6.18 Å². The van der Waals surface area contributed by atoms with E-state index in [1.54, 1.807) is 12.1 Å². The number of benzene rings is 3. The van der Waals surface area contributed by atoms with Crippen molar-refractivity contribution in [2.75, 3.05) is 5.32 Å². The number of pyridine rings is 1. The lowest BCUT2D eigenvalue weighted by Gasteiger charge is -2.13. The number of halogens is 3. The van der Waals surface area contributed by atoms with Crippen molar-refractivity contribution in [2.45, 2.75) is 19.6 Å². The second kappa shape index (κ2) is 11.0. The minimum Gasteiger partial charge on any atom is -0.347 e. The summed E-state index contributed by atoms with van der Waals surface area (Å²) in [5.74, 6) is -1.29. The SMILES string of the molecule is [C-]#[N+]c1ccccc1-c1ccccc1CNC(=O)c1cccc(C(=O)Nc2cc(C)cc(C(F)(F)F)c2)n1. The molecule has 3 aromatic carbocycles. The average molecular weight is 515 g/mol. The Balaban J connectivity index is 1.49. The summed E-state index contributed by atoms with van der Waals surface area (Å²) >= 11 is 0. The molecule has 38 heavy (non-hydrogen) atoms. The Labute approximate surface area is 217 Å². The van der Waals surface area contributed by atoms with Gasteiger partial charge in [-0.25, -0.2) is 9.83 Å². The van der Waals surface area contributed by atoms with E-state index in [2.05, 4.69) is 20.5 Å². The molecule has 0 saturated carbocycles. The van der Waals surface area contributed by atoms with E-state index in [4.69, 9.17) is 6.57 Å². The van der Waals surface area contributed by atoms with Gasteiger partial charge in [-0.2, -0.15) is 13.2 Å². The van der Waals surface area contributed by atoms with Gasteiger partial charge in [-0.1, -0.05) is 54.6 Å². The van der Waals surface area contributed by atoms with Crippen molar-refractivity contribution in [3.63, 3.8) is 0 Å². The molecule has 0 aliphatic rings. The van der Waals surface area contributed by atoms with E-state index in [9.17, 15) is 22.8 Å². The summed E-state index contributed by atoms with van der Waals surface area (Å²) in [4.78, 5) is 33.2. The Morgan fingerprint density at radius 3 is 2.24 bits per heavy atom. The van der Waals surface area contributed by atoms with Crippen LogP contribution in [0.1, 0.15) is 37.7 Å². The largest absolute Gasteiger partial charge is 0.416 e. The van der Waals surface area contributed by atoms with Crippen LogP contribution in [-0.4, -0.2) is 16.8 Å². The lowest BCUT2D eigenvalue weighted by molar-refractivity contribution is -0.137. The molecular formula is C29H21F3N4O2.